The van der Waals surface area contributed by atoms with Crippen LogP contribution < -0.4 is 14.5 Å². The van der Waals surface area contributed by atoms with Crippen LogP contribution >= 0.6 is 10.7 Å². The molecule has 0 aliphatic carbocycles. The lowest BCUT2D eigenvalue weighted by molar-refractivity contribution is -0.121. The molecule has 0 saturated carbocycles. The average molecular weight is 495 g/mol. The minimum atomic E-state index is -2.90. The van der Waals surface area contributed by atoms with Crippen molar-refractivity contribution in [1.29, 1.82) is 0 Å². The van der Waals surface area contributed by atoms with Gasteiger partial charge < -0.3 is 9.79 Å². The number of carbonyl (C=O) groups excluding carboxylic acids is 2. The maximum Gasteiger partial charge on any atom is 0.282 e. The number of nitrogens with one attached hydrogen (secondary N) is 1. The summed E-state index contributed by atoms with van der Waals surface area (Å²) in [7, 11) is -2.33. The van der Waals surface area contributed by atoms with E-state index in [0.717, 1.165) is 11.3 Å². The zero-order valence-corrected chi connectivity index (χ0v) is 19.2. The summed E-state index contributed by atoms with van der Waals surface area (Å²) in [5.74, 6) is -4.93. The van der Waals surface area contributed by atoms with Crippen molar-refractivity contribution in [3.63, 3.8) is 0 Å². The third kappa shape index (κ3) is 3.46. The number of rotatable bonds is 4. The quantitative estimate of drug-likeness (QED) is 0.652. The van der Waals surface area contributed by atoms with Gasteiger partial charge in [0.15, 0.2) is 11.6 Å². The Kier molecular flexibility index (Phi) is 4.85. The highest BCUT2D eigenvalue weighted by molar-refractivity contribution is 8.27. The van der Waals surface area contributed by atoms with Gasteiger partial charge in [-0.05, 0) is 43.7 Å². The second-order valence-electron chi connectivity index (χ2n) is 8.79. The Hall–Kier alpha value is -3.32. The Morgan fingerprint density at radius 2 is 1.94 bits per heavy atom. The van der Waals surface area contributed by atoms with E-state index < -0.39 is 52.7 Å². The van der Waals surface area contributed by atoms with Crippen LogP contribution in [-0.2, 0) is 19.4 Å². The number of aromatic nitrogens is 1. The predicted molar refractivity (Wildman–Crippen MR) is 120 cm³/mol. The van der Waals surface area contributed by atoms with Crippen molar-refractivity contribution in [3.05, 3.63) is 47.4 Å². The zero-order valence-electron chi connectivity index (χ0n) is 18.3. The van der Waals surface area contributed by atoms with Crippen LogP contribution in [-0.4, -0.2) is 48.5 Å². The van der Waals surface area contributed by atoms with Crippen LogP contribution in [0, 0.1) is 5.82 Å². The summed E-state index contributed by atoms with van der Waals surface area (Å²) < 4.78 is 53.7. The van der Waals surface area contributed by atoms with Gasteiger partial charge in [0.25, 0.3) is 11.8 Å². The lowest BCUT2D eigenvalue weighted by Gasteiger charge is -2.39. The summed E-state index contributed by atoms with van der Waals surface area (Å²) in [5, 5.41) is 0. The maximum atomic E-state index is 15.4. The molecule has 13 heteroatoms. The highest BCUT2D eigenvalue weighted by atomic mass is 32.3. The molecule has 9 nitrogen and oxygen atoms in total. The van der Waals surface area contributed by atoms with Crippen molar-refractivity contribution >= 4 is 46.1 Å². The van der Waals surface area contributed by atoms with Gasteiger partial charge in [0.2, 0.25) is 12.3 Å². The summed E-state index contributed by atoms with van der Waals surface area (Å²) in [6, 6.07) is 5.91. The van der Waals surface area contributed by atoms with Crippen molar-refractivity contribution in [3.8, 4) is 0 Å². The van der Waals surface area contributed by atoms with Gasteiger partial charge in [0.1, 0.15) is 0 Å². The number of hydrogen-bond acceptors (Lipinski definition) is 7. The van der Waals surface area contributed by atoms with Crippen LogP contribution in [0.3, 0.4) is 0 Å². The van der Waals surface area contributed by atoms with E-state index in [1.807, 2.05) is 0 Å². The molecule has 3 aliphatic rings. The van der Waals surface area contributed by atoms with E-state index in [1.165, 1.54) is 23.2 Å². The molecule has 5 rings (SSSR count). The molecular weight excluding hydrogens is 475 g/mol. The third-order valence-corrected chi connectivity index (χ3v) is 7.28. The van der Waals surface area contributed by atoms with Crippen molar-refractivity contribution in [1.82, 2.24) is 9.71 Å². The SMILES string of the molecule is CC1(C)C(=O)N(c2ccnc(N3CC(F)(F)C3)c2F)c2ccc(C(=O)NS3(C)N=COO3)cc21. The average Bonchev–Trinajstić information content (AvgIpc) is 3.26. The summed E-state index contributed by atoms with van der Waals surface area (Å²) in [4.78, 5) is 37.0. The Morgan fingerprint density at radius 1 is 1.21 bits per heavy atom. The number of benzene rings is 1. The molecule has 4 heterocycles. The van der Waals surface area contributed by atoms with E-state index in [9.17, 15) is 18.4 Å². The van der Waals surface area contributed by atoms with Crippen LogP contribution in [0.5, 0.6) is 0 Å². The molecule has 1 saturated heterocycles. The van der Waals surface area contributed by atoms with Gasteiger partial charge in [0.05, 0.1) is 40.6 Å². The second kappa shape index (κ2) is 7.34. The number of pyridine rings is 1. The number of alkyl halides is 2. The monoisotopic (exact) mass is 495 g/mol. The number of amides is 2. The number of nitrogens with zero attached hydrogens (tertiary/aromatic N) is 4. The highest BCUT2D eigenvalue weighted by Gasteiger charge is 2.48. The van der Waals surface area contributed by atoms with E-state index in [-0.39, 0.29) is 17.1 Å². The molecule has 34 heavy (non-hydrogen) atoms. The van der Waals surface area contributed by atoms with Gasteiger partial charge >= 0.3 is 0 Å². The Balaban J connectivity index is 1.50. The fourth-order valence-electron chi connectivity index (χ4n) is 4.08. The lowest BCUT2D eigenvalue weighted by Crippen LogP contribution is -2.57. The molecule has 1 N–H and O–H groups in total. The van der Waals surface area contributed by atoms with Gasteiger partial charge in [-0.2, -0.15) is 4.40 Å². The molecule has 1 atom stereocenters. The van der Waals surface area contributed by atoms with E-state index in [0.29, 0.717) is 11.3 Å². The molecule has 1 fully saturated rings. The normalized spacial score (nSPS) is 25.9. The van der Waals surface area contributed by atoms with Crippen LogP contribution in [0.4, 0.5) is 30.4 Å². The molecule has 2 amide bonds. The van der Waals surface area contributed by atoms with E-state index in [4.69, 9.17) is 4.33 Å². The van der Waals surface area contributed by atoms with Crippen molar-refractivity contribution in [2.75, 3.05) is 29.1 Å². The van der Waals surface area contributed by atoms with Gasteiger partial charge in [-0.25, -0.2) is 18.2 Å². The molecule has 3 aliphatic heterocycles. The Morgan fingerprint density at radius 3 is 2.59 bits per heavy atom. The summed E-state index contributed by atoms with van der Waals surface area (Å²) in [5.41, 5.74) is -0.0523. The zero-order chi connectivity index (χ0) is 24.5. The summed E-state index contributed by atoms with van der Waals surface area (Å²) >= 11 is 0. The van der Waals surface area contributed by atoms with Crippen LogP contribution in [0.1, 0.15) is 29.8 Å². The maximum absolute atomic E-state index is 15.4. The minimum Gasteiger partial charge on any atom is -0.342 e. The van der Waals surface area contributed by atoms with E-state index in [1.54, 1.807) is 32.2 Å². The molecule has 1 aromatic carbocycles. The molecule has 2 aromatic rings. The van der Waals surface area contributed by atoms with Crippen molar-refractivity contribution in [2.24, 2.45) is 4.40 Å². The molecule has 180 valence electrons. The fraction of sp³-hybridized carbons (Fsp3) is 0.333. The Bertz CT molecular complexity index is 1250. The second-order valence-corrected chi connectivity index (χ2v) is 10.9. The number of anilines is 3. The predicted octanol–water partition coefficient (Wildman–Crippen LogP) is 3.53. The van der Waals surface area contributed by atoms with Crippen LogP contribution in [0.25, 0.3) is 0 Å². The molecule has 0 bridgehead atoms. The van der Waals surface area contributed by atoms with Crippen LogP contribution in [0.15, 0.2) is 34.9 Å². The smallest absolute Gasteiger partial charge is 0.282 e. The van der Waals surface area contributed by atoms with Crippen molar-refractivity contribution < 1.29 is 32.0 Å². The van der Waals surface area contributed by atoms with Gasteiger partial charge in [-0.15, -0.1) is 0 Å². The van der Waals surface area contributed by atoms with Crippen molar-refractivity contribution in [2.45, 2.75) is 25.2 Å². The summed E-state index contributed by atoms with van der Waals surface area (Å²) in [6.07, 6.45) is 3.95. The highest BCUT2D eigenvalue weighted by Crippen LogP contribution is 2.48. The lowest BCUT2D eigenvalue weighted by atomic mass is 9.85. The van der Waals surface area contributed by atoms with Gasteiger partial charge in [-0.1, -0.05) is 4.33 Å². The molecular formula is C21H20F3N5O4S. The van der Waals surface area contributed by atoms with Crippen LogP contribution in [0.2, 0.25) is 0 Å². The van der Waals surface area contributed by atoms with Gasteiger partial charge in [0, 0.05) is 18.0 Å². The summed E-state index contributed by atoms with van der Waals surface area (Å²) in [6.45, 7) is 2.04. The third-order valence-electron chi connectivity index (χ3n) is 5.89. The first-order valence-corrected chi connectivity index (χ1v) is 12.1. The molecule has 1 unspecified atom stereocenters. The van der Waals surface area contributed by atoms with Gasteiger partial charge in [-0.3, -0.25) is 19.2 Å². The standard InChI is InChI=1S/C21H20F3N5O4S/c1-20(2)13-8-12(18(30)27-34(3)26-11-32-33-34)4-5-14(13)29(19(20)31)15-6-7-25-17(16(15)22)28-9-21(23,24)10-28/h4-8,11H,9-10H2,1-3H3,(H,27,30). The first kappa shape index (κ1) is 22.5. The number of hydrogen-bond donors (Lipinski definition) is 1. The first-order chi connectivity index (χ1) is 15.9. The largest absolute Gasteiger partial charge is 0.342 e. The fourth-order valence-corrected chi connectivity index (χ4v) is 5.05. The molecule has 0 radical (unpaired) electrons. The Labute approximate surface area is 194 Å². The topological polar surface area (TPSA) is 96.4 Å². The minimum absolute atomic E-state index is 0.1000. The van der Waals surface area contributed by atoms with E-state index >= 15 is 4.39 Å². The number of halogens is 3. The number of fused-ring (bicyclic) bond motifs is 1. The number of carbonyl (C=O) groups is 2. The van der Waals surface area contributed by atoms with E-state index in [2.05, 4.69) is 19.0 Å². The first-order valence-electron chi connectivity index (χ1n) is 10.2. The molecule has 1 aromatic heterocycles. The molecule has 0 spiro atoms.